The largest absolute Gasteiger partial charge is 0.497 e. The zero-order chi connectivity index (χ0) is 24.0. The lowest BCUT2D eigenvalue weighted by molar-refractivity contribution is 0.102. The van der Waals surface area contributed by atoms with E-state index in [4.69, 9.17) is 4.74 Å². The summed E-state index contributed by atoms with van der Waals surface area (Å²) < 4.78 is 32.2. The molecule has 0 saturated carbocycles. The quantitative estimate of drug-likeness (QED) is 0.534. The molecular formula is C26H29N3O4S. The molecule has 7 nitrogen and oxygen atoms in total. The molecule has 1 fully saturated rings. The molecule has 178 valence electrons. The monoisotopic (exact) mass is 479 g/mol. The third-order valence-electron chi connectivity index (χ3n) is 5.89. The first-order valence-electron chi connectivity index (χ1n) is 11.2. The van der Waals surface area contributed by atoms with Crippen LogP contribution in [0.15, 0.2) is 78.9 Å². The van der Waals surface area contributed by atoms with Crippen molar-refractivity contribution in [3.8, 4) is 5.75 Å². The van der Waals surface area contributed by atoms with Gasteiger partial charge in [-0.1, -0.05) is 42.5 Å². The molecule has 0 radical (unpaired) electrons. The Balaban J connectivity index is 1.27. The van der Waals surface area contributed by atoms with Gasteiger partial charge >= 0.3 is 0 Å². The van der Waals surface area contributed by atoms with Crippen molar-refractivity contribution in [2.75, 3.05) is 38.6 Å². The molecule has 0 unspecified atom stereocenters. The molecule has 0 bridgehead atoms. The van der Waals surface area contributed by atoms with Crippen molar-refractivity contribution in [1.82, 2.24) is 9.21 Å². The van der Waals surface area contributed by atoms with E-state index in [0.29, 0.717) is 44.0 Å². The van der Waals surface area contributed by atoms with Crippen LogP contribution in [-0.2, 0) is 22.3 Å². The van der Waals surface area contributed by atoms with Crippen molar-refractivity contribution in [2.24, 2.45) is 0 Å². The highest BCUT2D eigenvalue weighted by molar-refractivity contribution is 7.88. The van der Waals surface area contributed by atoms with Crippen LogP contribution in [-0.4, -0.2) is 56.8 Å². The van der Waals surface area contributed by atoms with Gasteiger partial charge in [-0.2, -0.15) is 4.31 Å². The number of amides is 1. The molecule has 1 amide bonds. The Bertz CT molecular complexity index is 1190. The van der Waals surface area contributed by atoms with Gasteiger partial charge in [0.2, 0.25) is 10.0 Å². The van der Waals surface area contributed by atoms with Gasteiger partial charge in [-0.3, -0.25) is 9.69 Å². The van der Waals surface area contributed by atoms with E-state index in [1.54, 1.807) is 35.7 Å². The molecule has 1 heterocycles. The molecule has 3 aromatic rings. The first kappa shape index (κ1) is 23.9. The lowest BCUT2D eigenvalue weighted by Gasteiger charge is -2.34. The van der Waals surface area contributed by atoms with Crippen molar-refractivity contribution < 1.29 is 17.9 Å². The number of piperazine rings is 1. The fraction of sp³-hybridized carbons (Fsp3) is 0.269. The molecule has 1 aliphatic heterocycles. The number of benzene rings is 3. The highest BCUT2D eigenvalue weighted by Gasteiger charge is 2.27. The highest BCUT2D eigenvalue weighted by Crippen LogP contribution is 2.18. The molecule has 3 aromatic carbocycles. The van der Waals surface area contributed by atoms with Crippen molar-refractivity contribution in [2.45, 2.75) is 12.3 Å². The number of carbonyl (C=O) groups excluding carboxylic acids is 1. The van der Waals surface area contributed by atoms with E-state index in [1.165, 1.54) is 0 Å². The van der Waals surface area contributed by atoms with Crippen molar-refractivity contribution >= 4 is 21.6 Å². The minimum Gasteiger partial charge on any atom is -0.497 e. The third-order valence-corrected chi connectivity index (χ3v) is 7.74. The number of ether oxygens (including phenoxy) is 1. The highest BCUT2D eigenvalue weighted by atomic mass is 32.2. The summed E-state index contributed by atoms with van der Waals surface area (Å²) in [6, 6.07) is 24.0. The first-order valence-corrected chi connectivity index (χ1v) is 12.8. The summed E-state index contributed by atoms with van der Waals surface area (Å²) in [7, 11) is -1.72. The average Bonchev–Trinajstić information content (AvgIpc) is 2.85. The van der Waals surface area contributed by atoms with E-state index in [-0.39, 0.29) is 11.7 Å². The van der Waals surface area contributed by atoms with E-state index in [9.17, 15) is 13.2 Å². The third kappa shape index (κ3) is 6.22. The van der Waals surface area contributed by atoms with E-state index in [0.717, 1.165) is 16.9 Å². The number of nitrogens with one attached hydrogen (secondary N) is 1. The summed E-state index contributed by atoms with van der Waals surface area (Å²) in [6.07, 6.45) is 0. The zero-order valence-electron chi connectivity index (χ0n) is 19.2. The van der Waals surface area contributed by atoms with E-state index >= 15 is 0 Å². The Morgan fingerprint density at radius 3 is 2.12 bits per heavy atom. The predicted molar refractivity (Wildman–Crippen MR) is 133 cm³/mol. The average molecular weight is 480 g/mol. The maximum atomic E-state index is 12.7. The molecule has 0 aliphatic carbocycles. The van der Waals surface area contributed by atoms with Gasteiger partial charge in [0.25, 0.3) is 5.91 Å². The topological polar surface area (TPSA) is 79.0 Å². The smallest absolute Gasteiger partial charge is 0.255 e. The van der Waals surface area contributed by atoms with Crippen LogP contribution in [0, 0.1) is 0 Å². The van der Waals surface area contributed by atoms with Crippen LogP contribution in [0.3, 0.4) is 0 Å². The maximum absolute atomic E-state index is 12.7. The molecular weight excluding hydrogens is 450 g/mol. The second kappa shape index (κ2) is 10.8. The van der Waals surface area contributed by atoms with E-state index in [1.807, 2.05) is 54.6 Å². The zero-order valence-corrected chi connectivity index (χ0v) is 20.0. The molecule has 1 aliphatic rings. The lowest BCUT2D eigenvalue weighted by Crippen LogP contribution is -2.48. The van der Waals surface area contributed by atoms with Gasteiger partial charge in [-0.15, -0.1) is 0 Å². The Morgan fingerprint density at radius 2 is 1.50 bits per heavy atom. The summed E-state index contributed by atoms with van der Waals surface area (Å²) >= 11 is 0. The SMILES string of the molecule is COc1ccc(NC(=O)c2ccc(CN3CCN(S(=O)(=O)Cc4ccccc4)CC3)cc2)cc1. The van der Waals surface area contributed by atoms with Crippen LogP contribution in [0.2, 0.25) is 0 Å². The number of hydrogen-bond donors (Lipinski definition) is 1. The second-order valence-electron chi connectivity index (χ2n) is 8.30. The standard InChI is InChI=1S/C26H29N3O4S/c1-33-25-13-11-24(12-14-25)27-26(30)23-9-7-21(8-10-23)19-28-15-17-29(18-16-28)34(31,32)20-22-5-3-2-4-6-22/h2-14H,15-20H2,1H3,(H,27,30). The minimum absolute atomic E-state index is 0.0356. The summed E-state index contributed by atoms with van der Waals surface area (Å²) in [6.45, 7) is 3.03. The summed E-state index contributed by atoms with van der Waals surface area (Å²) in [5.74, 6) is 0.597. The minimum atomic E-state index is -3.32. The molecule has 34 heavy (non-hydrogen) atoms. The summed E-state index contributed by atoms with van der Waals surface area (Å²) in [5.41, 5.74) is 3.17. The number of anilines is 1. The van der Waals surface area contributed by atoms with Crippen LogP contribution in [0.4, 0.5) is 5.69 Å². The Labute approximate surface area is 201 Å². The Morgan fingerprint density at radius 1 is 0.853 bits per heavy atom. The molecule has 8 heteroatoms. The van der Waals surface area contributed by atoms with Crippen LogP contribution >= 0.6 is 0 Å². The van der Waals surface area contributed by atoms with E-state index < -0.39 is 10.0 Å². The van der Waals surface area contributed by atoms with Gasteiger partial charge in [0.1, 0.15) is 5.75 Å². The van der Waals surface area contributed by atoms with Crippen LogP contribution < -0.4 is 10.1 Å². The fourth-order valence-electron chi connectivity index (χ4n) is 3.94. The number of nitrogens with zero attached hydrogens (tertiary/aromatic N) is 2. The van der Waals surface area contributed by atoms with Gasteiger partial charge < -0.3 is 10.1 Å². The Hall–Kier alpha value is -3.20. The van der Waals surface area contributed by atoms with E-state index in [2.05, 4.69) is 10.2 Å². The number of rotatable bonds is 8. The summed E-state index contributed by atoms with van der Waals surface area (Å²) in [4.78, 5) is 14.8. The molecule has 1 N–H and O–H groups in total. The number of sulfonamides is 1. The van der Waals surface area contributed by atoms with Gasteiger partial charge in [0, 0.05) is 44.0 Å². The van der Waals surface area contributed by atoms with Gasteiger partial charge in [0.15, 0.2) is 0 Å². The number of hydrogen-bond acceptors (Lipinski definition) is 5. The van der Waals surface area contributed by atoms with Crippen LogP contribution in [0.1, 0.15) is 21.5 Å². The van der Waals surface area contributed by atoms with Crippen LogP contribution in [0.25, 0.3) is 0 Å². The lowest BCUT2D eigenvalue weighted by atomic mass is 10.1. The van der Waals surface area contributed by atoms with Gasteiger partial charge in [-0.05, 0) is 47.5 Å². The summed E-state index contributed by atoms with van der Waals surface area (Å²) in [5, 5.41) is 2.88. The fourth-order valence-corrected chi connectivity index (χ4v) is 5.46. The Kier molecular flexibility index (Phi) is 7.62. The predicted octanol–water partition coefficient (Wildman–Crippen LogP) is 3.60. The first-order chi connectivity index (χ1) is 16.4. The van der Waals surface area contributed by atoms with Crippen molar-refractivity contribution in [1.29, 1.82) is 0 Å². The molecule has 0 atom stereocenters. The van der Waals surface area contributed by atoms with Crippen molar-refractivity contribution in [3.05, 3.63) is 95.6 Å². The molecule has 0 spiro atoms. The second-order valence-corrected chi connectivity index (χ2v) is 10.3. The molecule has 1 saturated heterocycles. The number of methoxy groups -OCH3 is 1. The number of carbonyl (C=O) groups is 1. The molecule has 0 aromatic heterocycles. The van der Waals surface area contributed by atoms with Crippen LogP contribution in [0.5, 0.6) is 5.75 Å². The normalized spacial score (nSPS) is 15.1. The van der Waals surface area contributed by atoms with Gasteiger partial charge in [-0.25, -0.2) is 8.42 Å². The van der Waals surface area contributed by atoms with Gasteiger partial charge in [0.05, 0.1) is 12.9 Å². The molecule has 4 rings (SSSR count). The van der Waals surface area contributed by atoms with Crippen molar-refractivity contribution in [3.63, 3.8) is 0 Å². The maximum Gasteiger partial charge on any atom is 0.255 e.